The first-order valence-electron chi connectivity index (χ1n) is 3.68. The Morgan fingerprint density at radius 2 is 2.27 bits per heavy atom. The Morgan fingerprint density at radius 3 is 2.64 bits per heavy atom. The van der Waals surface area contributed by atoms with Gasteiger partial charge in [-0.15, -0.1) is 0 Å². The molecule has 0 spiro atoms. The molecular formula is C7H15NO2S. The predicted octanol–water partition coefficient (Wildman–Crippen LogP) is 0.930. The van der Waals surface area contributed by atoms with Gasteiger partial charge in [-0.25, -0.2) is 0 Å². The van der Waals surface area contributed by atoms with Gasteiger partial charge in [0, 0.05) is 11.0 Å². The van der Waals surface area contributed by atoms with Crippen molar-refractivity contribution in [1.82, 2.24) is 0 Å². The van der Waals surface area contributed by atoms with Crippen LogP contribution >= 0.6 is 11.8 Å². The molecule has 0 rings (SSSR count). The van der Waals surface area contributed by atoms with Crippen molar-refractivity contribution in [3.8, 4) is 0 Å². The average molecular weight is 177 g/mol. The molecule has 0 fully saturated rings. The summed E-state index contributed by atoms with van der Waals surface area (Å²) in [6.07, 6.45) is 1.05. The summed E-state index contributed by atoms with van der Waals surface area (Å²) in [5, 5.41) is 8.93. The zero-order chi connectivity index (χ0) is 8.85. The van der Waals surface area contributed by atoms with Gasteiger partial charge in [-0.05, 0) is 6.42 Å². The molecule has 3 nitrogen and oxygen atoms in total. The molecule has 0 heterocycles. The molecule has 0 aliphatic rings. The Morgan fingerprint density at radius 1 is 1.73 bits per heavy atom. The van der Waals surface area contributed by atoms with Gasteiger partial charge in [-0.1, -0.05) is 13.8 Å². The second kappa shape index (κ2) is 5.43. The highest BCUT2D eigenvalue weighted by Crippen LogP contribution is 2.13. The van der Waals surface area contributed by atoms with Gasteiger partial charge in [0.05, 0.1) is 0 Å². The smallest absolute Gasteiger partial charge is 0.321 e. The molecule has 0 saturated carbocycles. The van der Waals surface area contributed by atoms with Crippen LogP contribution in [0.1, 0.15) is 20.3 Å². The van der Waals surface area contributed by atoms with E-state index in [2.05, 4.69) is 13.8 Å². The SMILES string of the molecule is CC[C@@H](C)SCC(N)C(=O)O. The fraction of sp³-hybridized carbons (Fsp3) is 0.857. The van der Waals surface area contributed by atoms with Crippen molar-refractivity contribution in [3.05, 3.63) is 0 Å². The lowest BCUT2D eigenvalue weighted by Crippen LogP contribution is -2.33. The summed E-state index contributed by atoms with van der Waals surface area (Å²) in [5.41, 5.74) is 5.30. The fourth-order valence-corrected chi connectivity index (χ4v) is 1.37. The number of rotatable bonds is 5. The summed E-state index contributed by atoms with van der Waals surface area (Å²) in [5.74, 6) is -0.412. The van der Waals surface area contributed by atoms with Crippen molar-refractivity contribution >= 4 is 17.7 Å². The third-order valence-electron chi connectivity index (χ3n) is 1.45. The minimum atomic E-state index is -0.916. The van der Waals surface area contributed by atoms with E-state index in [0.29, 0.717) is 11.0 Å². The summed E-state index contributed by atoms with van der Waals surface area (Å²) in [6.45, 7) is 4.14. The molecule has 0 bridgehead atoms. The molecule has 0 aromatic heterocycles. The minimum Gasteiger partial charge on any atom is -0.480 e. The normalized spacial score (nSPS) is 15.9. The standard InChI is InChI=1S/C7H15NO2S/c1-3-5(2)11-4-6(8)7(9)10/h5-6H,3-4,8H2,1-2H3,(H,9,10)/t5-,6?/m1/s1. The van der Waals surface area contributed by atoms with Crippen LogP contribution in [0.15, 0.2) is 0 Å². The van der Waals surface area contributed by atoms with Crippen molar-refractivity contribution in [1.29, 1.82) is 0 Å². The Bertz CT molecular complexity index is 130. The number of aliphatic carboxylic acids is 1. The second-order valence-corrected chi connectivity index (χ2v) is 3.97. The minimum absolute atomic E-state index is 0.500. The first-order chi connectivity index (χ1) is 5.07. The maximum atomic E-state index is 10.3. The van der Waals surface area contributed by atoms with Gasteiger partial charge in [0.1, 0.15) is 6.04 Å². The zero-order valence-electron chi connectivity index (χ0n) is 6.91. The summed E-state index contributed by atoms with van der Waals surface area (Å²) < 4.78 is 0. The molecule has 2 atom stereocenters. The molecule has 4 heteroatoms. The van der Waals surface area contributed by atoms with Crippen LogP contribution in [0, 0.1) is 0 Å². The van der Waals surface area contributed by atoms with Crippen LogP contribution in [0.25, 0.3) is 0 Å². The van der Waals surface area contributed by atoms with Crippen LogP contribution in [0.5, 0.6) is 0 Å². The molecular weight excluding hydrogens is 162 g/mol. The molecule has 0 amide bonds. The lowest BCUT2D eigenvalue weighted by atomic mass is 10.4. The third kappa shape index (κ3) is 5.09. The maximum Gasteiger partial charge on any atom is 0.321 e. The monoisotopic (exact) mass is 177 g/mol. The van der Waals surface area contributed by atoms with Crippen molar-refractivity contribution in [2.75, 3.05) is 5.75 Å². The van der Waals surface area contributed by atoms with Gasteiger partial charge in [0.15, 0.2) is 0 Å². The van der Waals surface area contributed by atoms with Crippen molar-refractivity contribution in [2.24, 2.45) is 5.73 Å². The van der Waals surface area contributed by atoms with Crippen LogP contribution in [0.3, 0.4) is 0 Å². The van der Waals surface area contributed by atoms with Crippen LogP contribution in [0.2, 0.25) is 0 Å². The van der Waals surface area contributed by atoms with Crippen molar-refractivity contribution in [3.63, 3.8) is 0 Å². The average Bonchev–Trinajstić information content (AvgIpc) is 1.99. The number of carbonyl (C=O) groups is 1. The number of nitrogens with two attached hydrogens (primary N) is 1. The van der Waals surface area contributed by atoms with E-state index in [9.17, 15) is 4.79 Å². The van der Waals surface area contributed by atoms with Gasteiger partial charge in [-0.2, -0.15) is 11.8 Å². The Labute approximate surface area is 71.3 Å². The number of carboxylic acids is 1. The lowest BCUT2D eigenvalue weighted by molar-refractivity contribution is -0.137. The summed E-state index contributed by atoms with van der Waals surface area (Å²) in [7, 11) is 0. The molecule has 0 aromatic carbocycles. The topological polar surface area (TPSA) is 63.3 Å². The van der Waals surface area contributed by atoms with E-state index in [4.69, 9.17) is 10.8 Å². The Kier molecular flexibility index (Phi) is 5.32. The van der Waals surface area contributed by atoms with Gasteiger partial charge in [0.2, 0.25) is 0 Å². The highest BCUT2D eigenvalue weighted by atomic mass is 32.2. The Hall–Kier alpha value is -0.220. The quantitative estimate of drug-likeness (QED) is 0.655. The number of hydrogen-bond donors (Lipinski definition) is 2. The van der Waals surface area contributed by atoms with E-state index in [1.807, 2.05) is 0 Å². The van der Waals surface area contributed by atoms with Gasteiger partial charge in [-0.3, -0.25) is 4.79 Å². The van der Waals surface area contributed by atoms with E-state index >= 15 is 0 Å². The molecule has 0 saturated heterocycles. The number of thioether (sulfide) groups is 1. The molecule has 0 aliphatic carbocycles. The molecule has 11 heavy (non-hydrogen) atoms. The second-order valence-electron chi connectivity index (χ2n) is 2.50. The van der Waals surface area contributed by atoms with Gasteiger partial charge in [0.25, 0.3) is 0 Å². The molecule has 0 aromatic rings. The van der Waals surface area contributed by atoms with E-state index in [-0.39, 0.29) is 0 Å². The van der Waals surface area contributed by atoms with Crippen LogP contribution < -0.4 is 5.73 Å². The highest BCUT2D eigenvalue weighted by Gasteiger charge is 2.12. The van der Waals surface area contributed by atoms with E-state index < -0.39 is 12.0 Å². The van der Waals surface area contributed by atoms with E-state index in [1.54, 1.807) is 11.8 Å². The molecule has 0 radical (unpaired) electrons. The highest BCUT2D eigenvalue weighted by molar-refractivity contribution is 7.99. The summed E-state index contributed by atoms with van der Waals surface area (Å²) in [6, 6.07) is -0.714. The third-order valence-corrected chi connectivity index (χ3v) is 2.91. The van der Waals surface area contributed by atoms with Crippen molar-refractivity contribution in [2.45, 2.75) is 31.6 Å². The predicted molar refractivity (Wildman–Crippen MR) is 47.8 cm³/mol. The van der Waals surface area contributed by atoms with Gasteiger partial charge < -0.3 is 10.8 Å². The first-order valence-corrected chi connectivity index (χ1v) is 4.72. The maximum absolute atomic E-state index is 10.3. The van der Waals surface area contributed by atoms with E-state index in [0.717, 1.165) is 6.42 Å². The molecule has 0 aliphatic heterocycles. The van der Waals surface area contributed by atoms with E-state index in [1.165, 1.54) is 0 Å². The Balaban J connectivity index is 3.45. The van der Waals surface area contributed by atoms with Crippen LogP contribution in [-0.2, 0) is 4.79 Å². The first kappa shape index (κ1) is 10.8. The molecule has 3 N–H and O–H groups in total. The van der Waals surface area contributed by atoms with Crippen LogP contribution in [0.4, 0.5) is 0 Å². The lowest BCUT2D eigenvalue weighted by Gasteiger charge is -2.09. The molecule has 1 unspecified atom stereocenters. The zero-order valence-corrected chi connectivity index (χ0v) is 7.73. The fourth-order valence-electron chi connectivity index (χ4n) is 0.457. The van der Waals surface area contributed by atoms with Crippen molar-refractivity contribution < 1.29 is 9.90 Å². The summed E-state index contributed by atoms with van der Waals surface area (Å²) in [4.78, 5) is 10.3. The molecule has 66 valence electrons. The van der Waals surface area contributed by atoms with Gasteiger partial charge >= 0.3 is 5.97 Å². The number of hydrogen-bond acceptors (Lipinski definition) is 3. The largest absolute Gasteiger partial charge is 0.480 e. The number of carboxylic acid groups (broad SMARTS) is 1. The van der Waals surface area contributed by atoms with Crippen LogP contribution in [-0.4, -0.2) is 28.1 Å². The summed E-state index contributed by atoms with van der Waals surface area (Å²) >= 11 is 1.61.